The first-order chi connectivity index (χ1) is 7.86. The normalized spacial score (nSPS) is 20.9. The number of hydrogen-bond acceptors (Lipinski definition) is 3. The third-order valence-electron chi connectivity index (χ3n) is 2.84. The van der Waals surface area contributed by atoms with Crippen LogP contribution in [-0.2, 0) is 11.3 Å². The van der Waals surface area contributed by atoms with Gasteiger partial charge in [-0.25, -0.2) is 0 Å². The van der Waals surface area contributed by atoms with Gasteiger partial charge in [-0.05, 0) is 25.5 Å². The van der Waals surface area contributed by atoms with E-state index in [1.54, 1.807) is 22.9 Å². The summed E-state index contributed by atoms with van der Waals surface area (Å²) in [5.41, 5.74) is 0.0351. The van der Waals surface area contributed by atoms with E-state index in [-0.39, 0.29) is 5.56 Å². The first-order valence-electron chi connectivity index (χ1n) is 5.84. The molecule has 0 aliphatic carbocycles. The quantitative estimate of drug-likeness (QED) is 0.812. The van der Waals surface area contributed by atoms with Gasteiger partial charge in [0.2, 0.25) is 0 Å². The van der Waals surface area contributed by atoms with Gasteiger partial charge in [0, 0.05) is 25.4 Å². The number of piperidine rings is 1. The molecule has 2 heterocycles. The summed E-state index contributed by atoms with van der Waals surface area (Å²) in [6.45, 7) is 3.27. The number of rotatable bonds is 4. The Kier molecular flexibility index (Phi) is 4.13. The Balaban J connectivity index is 1.75. The van der Waals surface area contributed by atoms with Crippen LogP contribution >= 0.6 is 0 Å². The van der Waals surface area contributed by atoms with Crippen LogP contribution in [0.3, 0.4) is 0 Å². The molecule has 0 spiro atoms. The van der Waals surface area contributed by atoms with E-state index in [4.69, 9.17) is 4.74 Å². The first kappa shape index (κ1) is 11.4. The van der Waals surface area contributed by atoms with Gasteiger partial charge in [0.15, 0.2) is 0 Å². The minimum atomic E-state index is 0.0351. The monoisotopic (exact) mass is 222 g/mol. The van der Waals surface area contributed by atoms with Crippen molar-refractivity contribution in [2.75, 3.05) is 19.7 Å². The Hall–Kier alpha value is -1.13. The molecular formula is C12H18N2O2. The van der Waals surface area contributed by atoms with Crippen LogP contribution in [0.2, 0.25) is 0 Å². The maximum Gasteiger partial charge on any atom is 0.250 e. The van der Waals surface area contributed by atoms with E-state index in [2.05, 4.69) is 5.32 Å². The van der Waals surface area contributed by atoms with Crippen LogP contribution in [0, 0.1) is 0 Å². The molecule has 1 saturated heterocycles. The third-order valence-corrected chi connectivity index (χ3v) is 2.84. The van der Waals surface area contributed by atoms with Gasteiger partial charge in [-0.1, -0.05) is 6.07 Å². The Morgan fingerprint density at radius 1 is 1.50 bits per heavy atom. The van der Waals surface area contributed by atoms with Crippen molar-refractivity contribution in [3.63, 3.8) is 0 Å². The Bertz CT molecular complexity index is 369. The molecule has 1 aliphatic rings. The summed E-state index contributed by atoms with van der Waals surface area (Å²) < 4.78 is 7.40. The maximum absolute atomic E-state index is 11.4. The molecule has 2 rings (SSSR count). The van der Waals surface area contributed by atoms with Crippen LogP contribution < -0.4 is 10.9 Å². The van der Waals surface area contributed by atoms with Crippen LogP contribution in [0.4, 0.5) is 0 Å². The Morgan fingerprint density at radius 2 is 2.44 bits per heavy atom. The number of nitrogens with zero attached hydrogens (tertiary/aromatic N) is 1. The molecule has 1 fully saturated rings. The highest BCUT2D eigenvalue weighted by Crippen LogP contribution is 2.05. The molecule has 4 nitrogen and oxygen atoms in total. The molecule has 0 radical (unpaired) electrons. The lowest BCUT2D eigenvalue weighted by molar-refractivity contribution is 0.0321. The predicted molar refractivity (Wildman–Crippen MR) is 62.5 cm³/mol. The fourth-order valence-corrected chi connectivity index (χ4v) is 1.93. The van der Waals surface area contributed by atoms with Crippen molar-refractivity contribution in [3.8, 4) is 0 Å². The van der Waals surface area contributed by atoms with E-state index >= 15 is 0 Å². The van der Waals surface area contributed by atoms with Gasteiger partial charge in [-0.15, -0.1) is 0 Å². The maximum atomic E-state index is 11.4. The van der Waals surface area contributed by atoms with Crippen LogP contribution in [0.25, 0.3) is 0 Å². The van der Waals surface area contributed by atoms with Crippen LogP contribution in [0.1, 0.15) is 12.8 Å². The van der Waals surface area contributed by atoms with Crippen LogP contribution in [0.5, 0.6) is 0 Å². The van der Waals surface area contributed by atoms with Gasteiger partial charge >= 0.3 is 0 Å². The Morgan fingerprint density at radius 3 is 3.19 bits per heavy atom. The number of hydrogen-bond donors (Lipinski definition) is 1. The minimum absolute atomic E-state index is 0.0351. The summed E-state index contributed by atoms with van der Waals surface area (Å²) in [6.07, 6.45) is 4.41. The van der Waals surface area contributed by atoms with Gasteiger partial charge in [-0.3, -0.25) is 4.79 Å². The molecule has 0 amide bonds. The minimum Gasteiger partial charge on any atom is -0.375 e. The van der Waals surface area contributed by atoms with Gasteiger partial charge in [0.1, 0.15) is 0 Å². The molecule has 16 heavy (non-hydrogen) atoms. The molecule has 1 aromatic heterocycles. The van der Waals surface area contributed by atoms with E-state index in [0.29, 0.717) is 19.3 Å². The van der Waals surface area contributed by atoms with E-state index in [1.807, 2.05) is 6.07 Å². The molecule has 0 unspecified atom stereocenters. The predicted octanol–water partition coefficient (Wildman–Crippen LogP) is 0.617. The standard InChI is InChI=1S/C12H18N2O2/c15-12-5-1-2-7-14(12)8-9-16-11-4-3-6-13-10-11/h1-2,5,7,11,13H,3-4,6,8-10H2/t11-/m0/s1. The first-order valence-corrected chi connectivity index (χ1v) is 5.84. The number of aromatic nitrogens is 1. The lowest BCUT2D eigenvalue weighted by Gasteiger charge is -2.23. The second-order valence-corrected chi connectivity index (χ2v) is 4.07. The largest absolute Gasteiger partial charge is 0.375 e. The highest BCUT2D eigenvalue weighted by atomic mass is 16.5. The van der Waals surface area contributed by atoms with E-state index in [9.17, 15) is 4.79 Å². The average molecular weight is 222 g/mol. The van der Waals surface area contributed by atoms with Gasteiger partial charge in [0.25, 0.3) is 5.56 Å². The highest BCUT2D eigenvalue weighted by molar-refractivity contribution is 4.92. The number of pyridine rings is 1. The van der Waals surface area contributed by atoms with Crippen molar-refractivity contribution < 1.29 is 4.74 Å². The lowest BCUT2D eigenvalue weighted by Crippen LogP contribution is -2.36. The molecule has 4 heteroatoms. The van der Waals surface area contributed by atoms with Crippen molar-refractivity contribution in [2.45, 2.75) is 25.5 Å². The zero-order valence-electron chi connectivity index (χ0n) is 9.39. The van der Waals surface area contributed by atoms with Crippen molar-refractivity contribution in [2.24, 2.45) is 0 Å². The van der Waals surface area contributed by atoms with Crippen molar-refractivity contribution in [1.29, 1.82) is 0 Å². The summed E-state index contributed by atoms with van der Waals surface area (Å²) in [7, 11) is 0. The molecule has 0 aromatic carbocycles. The van der Waals surface area contributed by atoms with Gasteiger partial charge in [-0.2, -0.15) is 0 Å². The smallest absolute Gasteiger partial charge is 0.250 e. The van der Waals surface area contributed by atoms with Crippen molar-refractivity contribution >= 4 is 0 Å². The van der Waals surface area contributed by atoms with Crippen LogP contribution in [0.15, 0.2) is 29.2 Å². The Labute approximate surface area is 95.2 Å². The fraction of sp³-hybridized carbons (Fsp3) is 0.583. The summed E-state index contributed by atoms with van der Waals surface area (Å²) >= 11 is 0. The van der Waals surface area contributed by atoms with E-state index in [0.717, 1.165) is 19.5 Å². The van der Waals surface area contributed by atoms with E-state index < -0.39 is 0 Å². The second-order valence-electron chi connectivity index (χ2n) is 4.07. The zero-order valence-corrected chi connectivity index (χ0v) is 9.39. The molecule has 1 aromatic rings. The van der Waals surface area contributed by atoms with Crippen molar-refractivity contribution in [3.05, 3.63) is 34.7 Å². The highest BCUT2D eigenvalue weighted by Gasteiger charge is 2.12. The fourth-order valence-electron chi connectivity index (χ4n) is 1.93. The van der Waals surface area contributed by atoms with Crippen LogP contribution in [-0.4, -0.2) is 30.4 Å². The van der Waals surface area contributed by atoms with Gasteiger partial charge < -0.3 is 14.6 Å². The van der Waals surface area contributed by atoms with Crippen molar-refractivity contribution in [1.82, 2.24) is 9.88 Å². The summed E-state index contributed by atoms with van der Waals surface area (Å²) in [6, 6.07) is 5.19. The summed E-state index contributed by atoms with van der Waals surface area (Å²) in [5.74, 6) is 0. The molecule has 1 aliphatic heterocycles. The topological polar surface area (TPSA) is 43.3 Å². The molecule has 0 saturated carbocycles. The lowest BCUT2D eigenvalue weighted by atomic mass is 10.1. The number of nitrogens with one attached hydrogen (secondary N) is 1. The second kappa shape index (κ2) is 5.82. The molecule has 1 atom stereocenters. The molecule has 1 N–H and O–H groups in total. The van der Waals surface area contributed by atoms with Gasteiger partial charge in [0.05, 0.1) is 12.7 Å². The average Bonchev–Trinajstić information content (AvgIpc) is 2.33. The van der Waals surface area contributed by atoms with E-state index in [1.165, 1.54) is 6.42 Å². The third kappa shape index (κ3) is 3.18. The SMILES string of the molecule is O=c1ccccn1CCO[C@H]1CCCNC1. The zero-order chi connectivity index (χ0) is 11.2. The molecule has 88 valence electrons. The summed E-state index contributed by atoms with van der Waals surface area (Å²) in [4.78, 5) is 11.4. The molecule has 0 bridgehead atoms. The molecular weight excluding hydrogens is 204 g/mol. The number of ether oxygens (including phenoxy) is 1. The summed E-state index contributed by atoms with van der Waals surface area (Å²) in [5, 5.41) is 3.30.